The van der Waals surface area contributed by atoms with Crippen molar-refractivity contribution in [2.24, 2.45) is 5.92 Å². The molecule has 0 spiro atoms. The van der Waals surface area contributed by atoms with Gasteiger partial charge in [0.1, 0.15) is 0 Å². The highest BCUT2D eigenvalue weighted by molar-refractivity contribution is 5.95. The summed E-state index contributed by atoms with van der Waals surface area (Å²) in [4.78, 5) is 33.0. The number of imide groups is 1. The average molecular weight is 257 g/mol. The van der Waals surface area contributed by atoms with E-state index in [0.29, 0.717) is 12.8 Å². The number of carbonyl (C=O) groups is 3. The fourth-order valence-corrected chi connectivity index (χ4v) is 2.07. The molecule has 0 aromatic heterocycles. The number of rotatable bonds is 4. The van der Waals surface area contributed by atoms with Crippen LogP contribution in [0.25, 0.3) is 0 Å². The van der Waals surface area contributed by atoms with Gasteiger partial charge in [-0.25, -0.2) is 4.79 Å². The summed E-state index contributed by atoms with van der Waals surface area (Å²) in [5.41, 5.74) is 0. The molecule has 0 aromatic rings. The molecule has 7 heteroatoms. The Morgan fingerprint density at radius 1 is 1.28 bits per heavy atom. The number of hydrogen-bond donors (Lipinski definition) is 4. The molecule has 0 saturated heterocycles. The molecular weight excluding hydrogens is 238 g/mol. The Morgan fingerprint density at radius 2 is 2.00 bits per heavy atom. The molecule has 1 saturated carbocycles. The number of carboxylic acid groups (broad SMARTS) is 1. The molecule has 7 nitrogen and oxygen atoms in total. The number of aliphatic carboxylic acids is 1. The van der Waals surface area contributed by atoms with E-state index in [1.54, 1.807) is 0 Å². The number of amides is 3. The van der Waals surface area contributed by atoms with Crippen molar-refractivity contribution in [3.63, 3.8) is 0 Å². The van der Waals surface area contributed by atoms with Crippen LogP contribution in [0.2, 0.25) is 0 Å². The molecule has 0 radical (unpaired) electrons. The van der Waals surface area contributed by atoms with Gasteiger partial charge in [0.05, 0.1) is 12.5 Å². The van der Waals surface area contributed by atoms with E-state index < -0.39 is 17.9 Å². The third-order valence-corrected chi connectivity index (χ3v) is 3.05. The third kappa shape index (κ3) is 4.70. The van der Waals surface area contributed by atoms with E-state index in [1.165, 1.54) is 7.05 Å². The first-order valence-corrected chi connectivity index (χ1v) is 6.00. The molecule has 2 unspecified atom stereocenters. The Morgan fingerprint density at radius 3 is 2.61 bits per heavy atom. The van der Waals surface area contributed by atoms with Crippen LogP contribution in [-0.2, 0) is 9.59 Å². The van der Waals surface area contributed by atoms with E-state index in [4.69, 9.17) is 5.11 Å². The Labute approximate surface area is 105 Å². The van der Waals surface area contributed by atoms with E-state index in [2.05, 4.69) is 16.0 Å². The smallest absolute Gasteiger partial charge is 0.321 e. The first-order chi connectivity index (χ1) is 8.52. The summed E-state index contributed by atoms with van der Waals surface area (Å²) < 4.78 is 0. The Bertz CT molecular complexity index is 332. The minimum atomic E-state index is -0.781. The molecule has 102 valence electrons. The van der Waals surface area contributed by atoms with Gasteiger partial charge in [0.15, 0.2) is 0 Å². The lowest BCUT2D eigenvalue weighted by Gasteiger charge is -2.27. The van der Waals surface area contributed by atoms with Crippen LogP contribution in [0.15, 0.2) is 0 Å². The van der Waals surface area contributed by atoms with Crippen LogP contribution in [0.5, 0.6) is 0 Å². The molecule has 18 heavy (non-hydrogen) atoms. The molecule has 1 fully saturated rings. The van der Waals surface area contributed by atoms with E-state index >= 15 is 0 Å². The van der Waals surface area contributed by atoms with Gasteiger partial charge in [0, 0.05) is 13.1 Å². The van der Waals surface area contributed by atoms with Crippen molar-refractivity contribution < 1.29 is 19.5 Å². The fraction of sp³-hybridized carbons (Fsp3) is 0.727. The predicted molar refractivity (Wildman–Crippen MR) is 64.0 cm³/mol. The van der Waals surface area contributed by atoms with Gasteiger partial charge in [0.2, 0.25) is 5.91 Å². The van der Waals surface area contributed by atoms with Crippen LogP contribution in [0.4, 0.5) is 4.79 Å². The van der Waals surface area contributed by atoms with E-state index in [0.717, 1.165) is 12.8 Å². The SMILES string of the molecule is CNC(=O)NC(=O)CNC1CCCC(C(=O)O)C1. The quantitative estimate of drug-likeness (QED) is 0.552. The molecule has 1 aliphatic carbocycles. The molecule has 2 atom stereocenters. The van der Waals surface area contributed by atoms with Crippen molar-refractivity contribution in [2.45, 2.75) is 31.7 Å². The normalized spacial score (nSPS) is 23.2. The van der Waals surface area contributed by atoms with Crippen LogP contribution in [0.1, 0.15) is 25.7 Å². The van der Waals surface area contributed by atoms with E-state index in [-0.39, 0.29) is 18.5 Å². The second kappa shape index (κ2) is 6.95. The summed E-state index contributed by atoms with van der Waals surface area (Å²) in [6, 6.07) is -0.524. The highest BCUT2D eigenvalue weighted by Crippen LogP contribution is 2.24. The van der Waals surface area contributed by atoms with Crippen LogP contribution in [0, 0.1) is 5.92 Å². The van der Waals surface area contributed by atoms with Gasteiger partial charge in [-0.05, 0) is 19.3 Å². The summed E-state index contributed by atoms with van der Waals surface area (Å²) in [6.45, 7) is 0.0183. The lowest BCUT2D eigenvalue weighted by Crippen LogP contribution is -2.45. The summed E-state index contributed by atoms with van der Waals surface area (Å²) in [5, 5.41) is 16.3. The van der Waals surface area contributed by atoms with Crippen molar-refractivity contribution in [1.82, 2.24) is 16.0 Å². The molecule has 0 heterocycles. The lowest BCUT2D eigenvalue weighted by molar-refractivity contribution is -0.143. The zero-order valence-electron chi connectivity index (χ0n) is 10.4. The Kier molecular flexibility index (Phi) is 5.57. The topological polar surface area (TPSA) is 108 Å². The second-order valence-electron chi connectivity index (χ2n) is 4.41. The van der Waals surface area contributed by atoms with Gasteiger partial charge in [-0.1, -0.05) is 6.42 Å². The average Bonchev–Trinajstić information content (AvgIpc) is 2.36. The van der Waals surface area contributed by atoms with Gasteiger partial charge in [-0.2, -0.15) is 0 Å². The zero-order valence-corrected chi connectivity index (χ0v) is 10.4. The molecule has 0 bridgehead atoms. The number of nitrogens with one attached hydrogen (secondary N) is 3. The van der Waals surface area contributed by atoms with Crippen molar-refractivity contribution >= 4 is 17.9 Å². The summed E-state index contributed by atoms with van der Waals surface area (Å²) in [7, 11) is 1.43. The number of urea groups is 1. The van der Waals surface area contributed by atoms with Crippen molar-refractivity contribution in [3.8, 4) is 0 Å². The maximum absolute atomic E-state index is 11.3. The van der Waals surface area contributed by atoms with Crippen LogP contribution in [-0.4, -0.2) is 42.6 Å². The fourth-order valence-electron chi connectivity index (χ4n) is 2.07. The molecule has 1 rings (SSSR count). The van der Waals surface area contributed by atoms with Gasteiger partial charge >= 0.3 is 12.0 Å². The molecule has 3 amide bonds. The third-order valence-electron chi connectivity index (χ3n) is 3.05. The van der Waals surface area contributed by atoms with Gasteiger partial charge in [0.25, 0.3) is 0 Å². The predicted octanol–water partition coefficient (Wildman–Crippen LogP) is -0.325. The molecule has 1 aliphatic rings. The largest absolute Gasteiger partial charge is 0.481 e. The van der Waals surface area contributed by atoms with Gasteiger partial charge in [-0.3, -0.25) is 14.9 Å². The first kappa shape index (κ1) is 14.4. The highest BCUT2D eigenvalue weighted by Gasteiger charge is 2.26. The summed E-state index contributed by atoms with van der Waals surface area (Å²) in [5.74, 6) is -1.54. The van der Waals surface area contributed by atoms with Crippen LogP contribution in [0.3, 0.4) is 0 Å². The zero-order chi connectivity index (χ0) is 13.5. The minimum absolute atomic E-state index is 0.0183. The highest BCUT2D eigenvalue weighted by atomic mass is 16.4. The van der Waals surface area contributed by atoms with Crippen LogP contribution < -0.4 is 16.0 Å². The molecule has 4 N–H and O–H groups in total. The van der Waals surface area contributed by atoms with Gasteiger partial charge < -0.3 is 15.7 Å². The minimum Gasteiger partial charge on any atom is -0.481 e. The maximum atomic E-state index is 11.3. The van der Waals surface area contributed by atoms with Crippen molar-refractivity contribution in [1.29, 1.82) is 0 Å². The number of carboxylic acids is 1. The Balaban J connectivity index is 2.28. The van der Waals surface area contributed by atoms with Crippen molar-refractivity contribution in [3.05, 3.63) is 0 Å². The summed E-state index contributed by atoms with van der Waals surface area (Å²) in [6.07, 6.45) is 2.92. The van der Waals surface area contributed by atoms with Crippen molar-refractivity contribution in [2.75, 3.05) is 13.6 Å². The number of hydrogen-bond acceptors (Lipinski definition) is 4. The van der Waals surface area contributed by atoms with Gasteiger partial charge in [-0.15, -0.1) is 0 Å². The standard InChI is InChI=1S/C11H19N3O4/c1-12-11(18)14-9(15)6-13-8-4-2-3-7(5-8)10(16)17/h7-8,13H,2-6H2,1H3,(H,16,17)(H2,12,14,15,18). The van der Waals surface area contributed by atoms with E-state index in [1.807, 2.05) is 0 Å². The molecule has 0 aliphatic heterocycles. The Hall–Kier alpha value is -1.63. The second-order valence-corrected chi connectivity index (χ2v) is 4.41. The molecular formula is C11H19N3O4. The maximum Gasteiger partial charge on any atom is 0.321 e. The lowest BCUT2D eigenvalue weighted by atomic mass is 9.86. The monoisotopic (exact) mass is 257 g/mol. The first-order valence-electron chi connectivity index (χ1n) is 6.00. The van der Waals surface area contributed by atoms with E-state index in [9.17, 15) is 14.4 Å². The summed E-state index contributed by atoms with van der Waals surface area (Å²) >= 11 is 0. The molecule has 0 aromatic carbocycles. The number of carbonyl (C=O) groups excluding carboxylic acids is 2. The van der Waals surface area contributed by atoms with Crippen LogP contribution >= 0.6 is 0 Å².